The predicted octanol–water partition coefficient (Wildman–Crippen LogP) is 3.45. The van der Waals surface area contributed by atoms with Gasteiger partial charge in [-0.3, -0.25) is 0 Å². The van der Waals surface area contributed by atoms with Gasteiger partial charge in [0.1, 0.15) is 0 Å². The number of hydrogen-bond acceptors (Lipinski definition) is 3. The summed E-state index contributed by atoms with van der Waals surface area (Å²) >= 11 is 0. The number of benzene rings is 1. The van der Waals surface area contributed by atoms with E-state index >= 15 is 0 Å². The quantitative estimate of drug-likeness (QED) is 0.800. The average molecular weight is 295 g/mol. The predicted molar refractivity (Wildman–Crippen MR) is 84.8 cm³/mol. The minimum absolute atomic E-state index is 0.235. The van der Waals surface area contributed by atoms with Crippen molar-refractivity contribution in [1.29, 1.82) is 0 Å². The highest BCUT2D eigenvalue weighted by Crippen LogP contribution is 2.25. The minimum Gasteiger partial charge on any atom is -0.478 e. The van der Waals surface area contributed by atoms with E-state index in [9.17, 15) is 9.90 Å². The maximum Gasteiger partial charge on any atom is 0.336 e. The fraction of sp³-hybridized carbons (Fsp3) is 0.235. The van der Waals surface area contributed by atoms with Crippen molar-refractivity contribution in [3.8, 4) is 11.3 Å². The average Bonchev–Trinajstić information content (AvgIpc) is 2.89. The molecule has 0 radical (unpaired) electrons. The van der Waals surface area contributed by atoms with E-state index in [-0.39, 0.29) is 5.56 Å². The van der Waals surface area contributed by atoms with Gasteiger partial charge in [-0.2, -0.15) is 5.10 Å². The number of aromatic nitrogens is 3. The van der Waals surface area contributed by atoms with Gasteiger partial charge in [0.25, 0.3) is 0 Å². The first-order valence-electron chi connectivity index (χ1n) is 7.21. The normalized spacial score (nSPS) is 11.2. The molecule has 0 saturated carbocycles. The third-order valence-corrected chi connectivity index (χ3v) is 3.45. The van der Waals surface area contributed by atoms with Crippen LogP contribution in [0.25, 0.3) is 22.3 Å². The van der Waals surface area contributed by atoms with Crippen LogP contribution >= 0.6 is 0 Å². The maximum absolute atomic E-state index is 11.6. The van der Waals surface area contributed by atoms with Crippen LogP contribution in [0.1, 0.15) is 24.2 Å². The number of rotatable bonds is 4. The Morgan fingerprint density at radius 1 is 1.27 bits per heavy atom. The second-order valence-electron chi connectivity index (χ2n) is 5.68. The van der Waals surface area contributed by atoms with Gasteiger partial charge in [0.05, 0.1) is 22.8 Å². The van der Waals surface area contributed by atoms with Crippen LogP contribution in [0.3, 0.4) is 0 Å². The Morgan fingerprint density at radius 2 is 2.00 bits per heavy atom. The number of carboxylic acids is 1. The molecule has 0 atom stereocenters. The lowest BCUT2D eigenvalue weighted by atomic mass is 10.1. The largest absolute Gasteiger partial charge is 0.478 e. The molecule has 2 aromatic heterocycles. The van der Waals surface area contributed by atoms with E-state index in [0.29, 0.717) is 29.2 Å². The van der Waals surface area contributed by atoms with Gasteiger partial charge in [-0.15, -0.1) is 0 Å². The number of nitrogens with zero attached hydrogens (tertiary/aromatic N) is 3. The summed E-state index contributed by atoms with van der Waals surface area (Å²) in [6.07, 6.45) is 1.59. The van der Waals surface area contributed by atoms with Crippen molar-refractivity contribution in [1.82, 2.24) is 14.8 Å². The monoisotopic (exact) mass is 295 g/mol. The summed E-state index contributed by atoms with van der Waals surface area (Å²) in [4.78, 5) is 16.2. The molecular formula is C17H17N3O2. The molecule has 5 nitrogen and oxygen atoms in total. The summed E-state index contributed by atoms with van der Waals surface area (Å²) in [6, 6.07) is 11.2. The Balaban J connectivity index is 2.24. The Kier molecular flexibility index (Phi) is 3.63. The van der Waals surface area contributed by atoms with Gasteiger partial charge in [-0.1, -0.05) is 44.2 Å². The summed E-state index contributed by atoms with van der Waals surface area (Å²) < 4.78 is 1.78. The van der Waals surface area contributed by atoms with E-state index in [2.05, 4.69) is 23.9 Å². The zero-order chi connectivity index (χ0) is 15.7. The van der Waals surface area contributed by atoms with Crippen molar-refractivity contribution >= 4 is 17.0 Å². The Hall–Kier alpha value is -2.69. The van der Waals surface area contributed by atoms with E-state index in [1.54, 1.807) is 16.9 Å². The number of carboxylic acid groups (broad SMARTS) is 1. The highest BCUT2D eigenvalue weighted by atomic mass is 16.4. The molecule has 0 aliphatic heterocycles. The number of aromatic carboxylic acids is 1. The van der Waals surface area contributed by atoms with E-state index in [1.807, 2.05) is 30.3 Å². The van der Waals surface area contributed by atoms with Crippen LogP contribution in [-0.2, 0) is 6.54 Å². The molecule has 0 saturated heterocycles. The van der Waals surface area contributed by atoms with Crippen molar-refractivity contribution in [2.45, 2.75) is 20.4 Å². The summed E-state index contributed by atoms with van der Waals surface area (Å²) in [5.41, 5.74) is 2.39. The van der Waals surface area contributed by atoms with Gasteiger partial charge in [0.2, 0.25) is 0 Å². The van der Waals surface area contributed by atoms with E-state index in [0.717, 1.165) is 5.56 Å². The molecule has 0 bridgehead atoms. The molecule has 3 aromatic rings. The molecular weight excluding hydrogens is 278 g/mol. The van der Waals surface area contributed by atoms with Gasteiger partial charge < -0.3 is 5.11 Å². The van der Waals surface area contributed by atoms with Gasteiger partial charge in [0, 0.05) is 12.1 Å². The SMILES string of the molecule is CC(C)Cn1ncc2c(C(=O)O)cc(-c3ccccc3)nc21. The molecule has 0 unspecified atom stereocenters. The van der Waals surface area contributed by atoms with Crippen LogP contribution in [0.5, 0.6) is 0 Å². The molecule has 3 rings (SSSR count). The van der Waals surface area contributed by atoms with Crippen LogP contribution < -0.4 is 0 Å². The van der Waals surface area contributed by atoms with Gasteiger partial charge in [-0.25, -0.2) is 14.5 Å². The lowest BCUT2D eigenvalue weighted by Crippen LogP contribution is -2.07. The minimum atomic E-state index is -0.964. The molecule has 5 heteroatoms. The van der Waals surface area contributed by atoms with Crippen LogP contribution in [-0.4, -0.2) is 25.8 Å². The summed E-state index contributed by atoms with van der Waals surface area (Å²) in [7, 11) is 0. The molecule has 0 aliphatic carbocycles. The lowest BCUT2D eigenvalue weighted by Gasteiger charge is -2.08. The van der Waals surface area contributed by atoms with Crippen LogP contribution in [0.15, 0.2) is 42.6 Å². The first-order valence-corrected chi connectivity index (χ1v) is 7.21. The number of pyridine rings is 1. The fourth-order valence-corrected chi connectivity index (χ4v) is 2.46. The standard InChI is InChI=1S/C17H17N3O2/c1-11(2)10-20-16-14(9-18-20)13(17(21)22)8-15(19-16)12-6-4-3-5-7-12/h3-9,11H,10H2,1-2H3,(H,21,22). The Bertz CT molecular complexity index is 823. The molecule has 112 valence electrons. The lowest BCUT2D eigenvalue weighted by molar-refractivity contribution is 0.0699. The van der Waals surface area contributed by atoms with E-state index in [4.69, 9.17) is 0 Å². The second kappa shape index (κ2) is 5.60. The summed E-state index contributed by atoms with van der Waals surface area (Å²) in [5.74, 6) is -0.563. The molecule has 22 heavy (non-hydrogen) atoms. The van der Waals surface area contributed by atoms with Gasteiger partial charge in [0.15, 0.2) is 5.65 Å². The molecule has 1 aromatic carbocycles. The van der Waals surface area contributed by atoms with Crippen LogP contribution in [0, 0.1) is 5.92 Å². The summed E-state index contributed by atoms with van der Waals surface area (Å²) in [6.45, 7) is 4.88. The van der Waals surface area contributed by atoms with Crippen LogP contribution in [0.4, 0.5) is 0 Å². The number of carbonyl (C=O) groups is 1. The third kappa shape index (κ3) is 2.57. The van der Waals surface area contributed by atoms with E-state index in [1.165, 1.54) is 0 Å². The zero-order valence-corrected chi connectivity index (χ0v) is 12.5. The van der Waals surface area contributed by atoms with Gasteiger partial charge >= 0.3 is 5.97 Å². The number of fused-ring (bicyclic) bond motifs is 1. The van der Waals surface area contributed by atoms with Crippen molar-refractivity contribution in [3.05, 3.63) is 48.2 Å². The fourth-order valence-electron chi connectivity index (χ4n) is 2.46. The number of hydrogen-bond donors (Lipinski definition) is 1. The van der Waals surface area contributed by atoms with Gasteiger partial charge in [-0.05, 0) is 12.0 Å². The Labute approximate surface area is 128 Å². The van der Waals surface area contributed by atoms with Crippen molar-refractivity contribution in [2.24, 2.45) is 5.92 Å². The smallest absolute Gasteiger partial charge is 0.336 e. The zero-order valence-electron chi connectivity index (χ0n) is 12.5. The highest BCUT2D eigenvalue weighted by molar-refractivity contribution is 6.02. The summed E-state index contributed by atoms with van der Waals surface area (Å²) in [5, 5.41) is 14.4. The maximum atomic E-state index is 11.6. The van der Waals surface area contributed by atoms with E-state index < -0.39 is 5.97 Å². The van der Waals surface area contributed by atoms with Crippen LogP contribution in [0.2, 0.25) is 0 Å². The van der Waals surface area contributed by atoms with Crippen molar-refractivity contribution in [2.75, 3.05) is 0 Å². The molecule has 0 aliphatic rings. The Morgan fingerprint density at radius 3 is 2.64 bits per heavy atom. The molecule has 0 amide bonds. The first-order chi connectivity index (χ1) is 10.6. The molecule has 0 fully saturated rings. The molecule has 0 spiro atoms. The molecule has 1 N–H and O–H groups in total. The second-order valence-corrected chi connectivity index (χ2v) is 5.68. The third-order valence-electron chi connectivity index (χ3n) is 3.45. The topological polar surface area (TPSA) is 68.0 Å². The first kappa shape index (κ1) is 14.3. The highest BCUT2D eigenvalue weighted by Gasteiger charge is 2.17. The molecule has 2 heterocycles. The van der Waals surface area contributed by atoms with Crippen molar-refractivity contribution < 1.29 is 9.90 Å². The van der Waals surface area contributed by atoms with Crippen molar-refractivity contribution in [3.63, 3.8) is 0 Å².